The predicted molar refractivity (Wildman–Crippen MR) is 217 cm³/mol. The standard InChI is InChI=1S/C47H32N2OS/c48-45-42(27-26-41-44(45)38-20-11-19-36(47(38)50-41)31-12-3-1-4-13-31)51-29-30-22-24-32(25-23-30)39-28-33-14-7-8-17-35(33)46-43(39)37-18-9-10-21-40(37)49(46)34-15-5-2-6-16-34/h1-28H,29,48H2. The van der Waals surface area contributed by atoms with Crippen LogP contribution in [0.25, 0.3) is 82.5 Å². The van der Waals surface area contributed by atoms with Crippen LogP contribution < -0.4 is 5.73 Å². The number of rotatable bonds is 6. The summed E-state index contributed by atoms with van der Waals surface area (Å²) in [6, 6.07) is 60.5. The Morgan fingerprint density at radius 2 is 1.24 bits per heavy atom. The molecule has 0 amide bonds. The average Bonchev–Trinajstić information content (AvgIpc) is 3.75. The van der Waals surface area contributed by atoms with E-state index in [-0.39, 0.29) is 0 Å². The van der Waals surface area contributed by atoms with Gasteiger partial charge in [0, 0.05) is 43.4 Å². The molecular formula is C47H32N2OS. The van der Waals surface area contributed by atoms with Gasteiger partial charge in [0.25, 0.3) is 0 Å². The number of nitrogens with two attached hydrogens (primary N) is 1. The number of nitrogen functional groups attached to an aromatic ring is 1. The molecule has 242 valence electrons. The van der Waals surface area contributed by atoms with Crippen molar-refractivity contribution in [2.45, 2.75) is 10.6 Å². The minimum Gasteiger partial charge on any atom is -0.455 e. The number of para-hydroxylation sites is 3. The van der Waals surface area contributed by atoms with Crippen molar-refractivity contribution in [3.05, 3.63) is 175 Å². The summed E-state index contributed by atoms with van der Waals surface area (Å²) >= 11 is 1.77. The normalized spacial score (nSPS) is 11.8. The largest absolute Gasteiger partial charge is 0.455 e. The molecule has 2 aromatic heterocycles. The Kier molecular flexibility index (Phi) is 6.97. The van der Waals surface area contributed by atoms with Gasteiger partial charge in [-0.15, -0.1) is 11.8 Å². The van der Waals surface area contributed by atoms with E-state index in [0.29, 0.717) is 0 Å². The van der Waals surface area contributed by atoms with Gasteiger partial charge < -0.3 is 14.7 Å². The zero-order chi connectivity index (χ0) is 33.9. The van der Waals surface area contributed by atoms with Gasteiger partial charge in [0.2, 0.25) is 0 Å². The van der Waals surface area contributed by atoms with Crippen LogP contribution in [0.1, 0.15) is 5.56 Å². The zero-order valence-electron chi connectivity index (χ0n) is 27.7. The van der Waals surface area contributed by atoms with Crippen molar-refractivity contribution in [3.63, 3.8) is 0 Å². The van der Waals surface area contributed by atoms with Crippen LogP contribution in [0, 0.1) is 0 Å². The maximum Gasteiger partial charge on any atom is 0.143 e. The van der Waals surface area contributed by atoms with Gasteiger partial charge in [0.05, 0.1) is 22.1 Å². The number of thioether (sulfide) groups is 1. The van der Waals surface area contributed by atoms with E-state index in [1.54, 1.807) is 11.8 Å². The molecular weight excluding hydrogens is 641 g/mol. The van der Waals surface area contributed by atoms with E-state index in [1.165, 1.54) is 49.3 Å². The highest BCUT2D eigenvalue weighted by Crippen LogP contribution is 2.44. The van der Waals surface area contributed by atoms with Crippen LogP contribution >= 0.6 is 11.8 Å². The molecule has 0 spiro atoms. The number of aromatic nitrogens is 1. The lowest BCUT2D eigenvalue weighted by molar-refractivity contribution is 0.670. The maximum absolute atomic E-state index is 6.89. The summed E-state index contributed by atoms with van der Waals surface area (Å²) in [7, 11) is 0. The van der Waals surface area contributed by atoms with Gasteiger partial charge in [-0.2, -0.15) is 0 Å². The molecule has 0 bridgehead atoms. The number of benzene rings is 8. The van der Waals surface area contributed by atoms with E-state index in [4.69, 9.17) is 10.2 Å². The molecule has 0 fully saturated rings. The Labute approximate surface area is 299 Å². The second-order valence-electron chi connectivity index (χ2n) is 13.0. The smallest absolute Gasteiger partial charge is 0.143 e. The number of nitrogens with zero attached hydrogens (tertiary/aromatic N) is 1. The van der Waals surface area contributed by atoms with Crippen molar-refractivity contribution in [3.8, 4) is 27.9 Å². The number of hydrogen-bond donors (Lipinski definition) is 1. The lowest BCUT2D eigenvalue weighted by atomic mass is 9.95. The summed E-state index contributed by atoms with van der Waals surface area (Å²) < 4.78 is 8.84. The van der Waals surface area contributed by atoms with Crippen molar-refractivity contribution in [1.82, 2.24) is 4.57 Å². The van der Waals surface area contributed by atoms with E-state index < -0.39 is 0 Å². The Morgan fingerprint density at radius 1 is 0.549 bits per heavy atom. The van der Waals surface area contributed by atoms with Crippen LogP contribution in [0.5, 0.6) is 0 Å². The molecule has 2 N–H and O–H groups in total. The van der Waals surface area contributed by atoms with Gasteiger partial charge in [-0.3, -0.25) is 0 Å². The van der Waals surface area contributed by atoms with Crippen molar-refractivity contribution in [1.29, 1.82) is 0 Å². The topological polar surface area (TPSA) is 44.1 Å². The van der Waals surface area contributed by atoms with Crippen molar-refractivity contribution >= 4 is 72.0 Å². The molecule has 10 rings (SSSR count). The van der Waals surface area contributed by atoms with Gasteiger partial charge in [-0.05, 0) is 64.0 Å². The molecule has 0 saturated carbocycles. The first kappa shape index (κ1) is 29.7. The van der Waals surface area contributed by atoms with Gasteiger partial charge >= 0.3 is 0 Å². The van der Waals surface area contributed by atoms with Crippen LogP contribution in [0.15, 0.2) is 179 Å². The van der Waals surface area contributed by atoms with Gasteiger partial charge in [-0.1, -0.05) is 133 Å². The Morgan fingerprint density at radius 3 is 2.06 bits per heavy atom. The Balaban J connectivity index is 1.02. The molecule has 0 aliphatic heterocycles. The highest BCUT2D eigenvalue weighted by Gasteiger charge is 2.20. The summed E-state index contributed by atoms with van der Waals surface area (Å²) in [4.78, 5) is 1.06. The Bertz CT molecular complexity index is 2910. The van der Waals surface area contributed by atoms with Crippen LogP contribution in [-0.4, -0.2) is 4.57 Å². The molecule has 51 heavy (non-hydrogen) atoms. The summed E-state index contributed by atoms with van der Waals surface area (Å²) in [5, 5.41) is 7.04. The SMILES string of the molecule is Nc1c(SCc2ccc(-c3cc4ccccc4c4c3c3ccccc3n4-c3ccccc3)cc2)ccc2oc3c(-c4ccccc4)cccc3c12. The monoisotopic (exact) mass is 672 g/mol. The third-order valence-electron chi connectivity index (χ3n) is 10.1. The van der Waals surface area contributed by atoms with Gasteiger partial charge in [-0.25, -0.2) is 0 Å². The third kappa shape index (κ3) is 4.83. The van der Waals surface area contributed by atoms with Crippen LogP contribution in [0.3, 0.4) is 0 Å². The second-order valence-corrected chi connectivity index (χ2v) is 14.1. The van der Waals surface area contributed by atoms with Crippen molar-refractivity contribution < 1.29 is 4.42 Å². The number of anilines is 1. The first-order valence-corrected chi connectivity index (χ1v) is 18.2. The summed E-state index contributed by atoms with van der Waals surface area (Å²) in [6.07, 6.45) is 0. The zero-order valence-corrected chi connectivity index (χ0v) is 28.5. The highest BCUT2D eigenvalue weighted by atomic mass is 32.2. The molecule has 3 nitrogen and oxygen atoms in total. The van der Waals surface area contributed by atoms with Crippen LogP contribution in [-0.2, 0) is 5.75 Å². The molecule has 0 saturated heterocycles. The molecule has 0 aliphatic carbocycles. The van der Waals surface area contributed by atoms with Crippen LogP contribution in [0.2, 0.25) is 0 Å². The maximum atomic E-state index is 6.89. The fourth-order valence-corrected chi connectivity index (χ4v) is 8.65. The molecule has 2 heterocycles. The molecule has 0 atom stereocenters. The third-order valence-corrected chi connectivity index (χ3v) is 11.2. The van der Waals surface area contributed by atoms with Gasteiger partial charge in [0.15, 0.2) is 0 Å². The average molecular weight is 673 g/mol. The van der Waals surface area contributed by atoms with Gasteiger partial charge in [0.1, 0.15) is 11.2 Å². The predicted octanol–water partition coefficient (Wildman–Crippen LogP) is 13.0. The molecule has 4 heteroatoms. The summed E-state index contributed by atoms with van der Waals surface area (Å²) in [5.41, 5.74) is 18.9. The second kappa shape index (κ2) is 12.0. The first-order valence-electron chi connectivity index (χ1n) is 17.2. The van der Waals surface area contributed by atoms with E-state index in [1.807, 2.05) is 6.07 Å². The Hall–Kier alpha value is -6.23. The first-order chi connectivity index (χ1) is 25.2. The minimum atomic E-state index is 0.770. The van der Waals surface area contributed by atoms with Crippen LogP contribution in [0.4, 0.5) is 5.69 Å². The molecule has 0 aliphatic rings. The fraction of sp³-hybridized carbons (Fsp3) is 0.0213. The van der Waals surface area contributed by atoms with E-state index in [9.17, 15) is 0 Å². The highest BCUT2D eigenvalue weighted by molar-refractivity contribution is 7.98. The van der Waals surface area contributed by atoms with E-state index in [2.05, 4.69) is 168 Å². The number of hydrogen-bond acceptors (Lipinski definition) is 3. The summed E-state index contributed by atoms with van der Waals surface area (Å²) in [6.45, 7) is 0. The quantitative estimate of drug-likeness (QED) is 0.141. The molecule has 0 radical (unpaired) electrons. The molecule has 10 aromatic rings. The fourth-order valence-electron chi connectivity index (χ4n) is 7.72. The molecule has 8 aromatic carbocycles. The lowest BCUT2D eigenvalue weighted by Crippen LogP contribution is -1.94. The minimum absolute atomic E-state index is 0.770. The van der Waals surface area contributed by atoms with Crippen molar-refractivity contribution in [2.24, 2.45) is 0 Å². The van der Waals surface area contributed by atoms with E-state index in [0.717, 1.165) is 55.1 Å². The lowest BCUT2D eigenvalue weighted by Gasteiger charge is -2.13. The summed E-state index contributed by atoms with van der Waals surface area (Å²) in [5.74, 6) is 0.807. The van der Waals surface area contributed by atoms with E-state index >= 15 is 0 Å². The number of furan rings is 1. The van der Waals surface area contributed by atoms with Crippen molar-refractivity contribution in [2.75, 3.05) is 5.73 Å². The molecule has 0 unspecified atom stereocenters. The number of fused-ring (bicyclic) bond motifs is 8.